The molecule has 1 aliphatic rings. The van der Waals surface area contributed by atoms with Crippen LogP contribution in [0, 0.1) is 6.92 Å². The Balaban J connectivity index is 1.89. The Morgan fingerprint density at radius 3 is 2.96 bits per heavy atom. The molecule has 0 aliphatic carbocycles. The Morgan fingerprint density at radius 2 is 2.17 bits per heavy atom. The summed E-state index contributed by atoms with van der Waals surface area (Å²) in [6, 6.07) is 8.49. The summed E-state index contributed by atoms with van der Waals surface area (Å²) in [6.07, 6.45) is 3.57. The van der Waals surface area contributed by atoms with Crippen LogP contribution in [0.3, 0.4) is 0 Å². The van der Waals surface area contributed by atoms with Gasteiger partial charge in [-0.15, -0.1) is 0 Å². The third kappa shape index (κ3) is 3.68. The van der Waals surface area contributed by atoms with Crippen LogP contribution in [0.5, 0.6) is 0 Å². The molecule has 0 bridgehead atoms. The van der Waals surface area contributed by atoms with Crippen molar-refractivity contribution in [1.29, 1.82) is 0 Å². The standard InChI is InChI=1S/C19H28N4O/c1-14(2)22(17-7-5-10-20-11-9-17)13-16-12-19(24)23-15(3)6-4-8-18(23)21-16/h4,6,8,12,14,17,20H,5,7,9-11,13H2,1-3H3. The van der Waals surface area contributed by atoms with Gasteiger partial charge in [-0.2, -0.15) is 0 Å². The van der Waals surface area contributed by atoms with E-state index in [4.69, 9.17) is 4.98 Å². The van der Waals surface area contributed by atoms with Crippen LogP contribution in [0.15, 0.2) is 29.1 Å². The molecule has 1 aliphatic heterocycles. The average molecular weight is 328 g/mol. The van der Waals surface area contributed by atoms with E-state index in [9.17, 15) is 4.79 Å². The molecule has 2 aromatic heterocycles. The van der Waals surface area contributed by atoms with Crippen molar-refractivity contribution < 1.29 is 0 Å². The van der Waals surface area contributed by atoms with Gasteiger partial charge in [0, 0.05) is 30.4 Å². The second-order valence-electron chi connectivity index (χ2n) is 7.05. The predicted octanol–water partition coefficient (Wildman–Crippen LogP) is 2.36. The highest BCUT2D eigenvalue weighted by Gasteiger charge is 2.23. The third-order valence-electron chi connectivity index (χ3n) is 4.96. The number of pyridine rings is 1. The second kappa shape index (κ2) is 7.45. The van der Waals surface area contributed by atoms with Gasteiger partial charge < -0.3 is 5.32 Å². The van der Waals surface area contributed by atoms with Crippen LogP contribution >= 0.6 is 0 Å². The highest BCUT2D eigenvalue weighted by atomic mass is 16.1. The van der Waals surface area contributed by atoms with E-state index < -0.39 is 0 Å². The molecule has 3 rings (SSSR count). The minimum Gasteiger partial charge on any atom is -0.317 e. The summed E-state index contributed by atoms with van der Waals surface area (Å²) in [7, 11) is 0. The van der Waals surface area contributed by atoms with Crippen LogP contribution in [0.2, 0.25) is 0 Å². The SMILES string of the molecule is Cc1cccc2nc(CN(C(C)C)C3CCCNCC3)cc(=O)n12. The molecule has 1 N–H and O–H groups in total. The summed E-state index contributed by atoms with van der Waals surface area (Å²) in [6.45, 7) is 9.32. The van der Waals surface area contributed by atoms with Gasteiger partial charge >= 0.3 is 0 Å². The Morgan fingerprint density at radius 1 is 1.33 bits per heavy atom. The minimum atomic E-state index is 0.0133. The van der Waals surface area contributed by atoms with E-state index in [-0.39, 0.29) is 5.56 Å². The number of rotatable bonds is 4. The van der Waals surface area contributed by atoms with Crippen molar-refractivity contribution in [2.45, 2.75) is 58.7 Å². The molecular formula is C19H28N4O. The molecule has 24 heavy (non-hydrogen) atoms. The smallest absolute Gasteiger partial charge is 0.258 e. The highest BCUT2D eigenvalue weighted by molar-refractivity contribution is 5.40. The van der Waals surface area contributed by atoms with Crippen LogP contribution < -0.4 is 10.9 Å². The van der Waals surface area contributed by atoms with Crippen molar-refractivity contribution in [3.63, 3.8) is 0 Å². The van der Waals surface area contributed by atoms with Crippen LogP contribution in [-0.4, -0.2) is 39.5 Å². The molecule has 2 aromatic rings. The van der Waals surface area contributed by atoms with Gasteiger partial charge in [-0.3, -0.25) is 14.1 Å². The number of aromatic nitrogens is 2. The number of nitrogens with one attached hydrogen (secondary N) is 1. The first-order valence-electron chi connectivity index (χ1n) is 9.01. The lowest BCUT2D eigenvalue weighted by molar-refractivity contribution is 0.130. The van der Waals surface area contributed by atoms with E-state index in [1.54, 1.807) is 10.5 Å². The second-order valence-corrected chi connectivity index (χ2v) is 7.05. The van der Waals surface area contributed by atoms with Crippen molar-refractivity contribution in [2.75, 3.05) is 13.1 Å². The summed E-state index contributed by atoms with van der Waals surface area (Å²) < 4.78 is 1.68. The average Bonchev–Trinajstić information content (AvgIpc) is 2.81. The molecule has 1 unspecified atom stereocenters. The normalized spacial score (nSPS) is 19.1. The van der Waals surface area contributed by atoms with Gasteiger partial charge in [0.1, 0.15) is 5.65 Å². The zero-order chi connectivity index (χ0) is 17.1. The van der Waals surface area contributed by atoms with Crippen molar-refractivity contribution in [3.05, 3.63) is 46.0 Å². The Hall–Kier alpha value is -1.72. The van der Waals surface area contributed by atoms with Gasteiger partial charge in [0.15, 0.2) is 0 Å². The van der Waals surface area contributed by atoms with Crippen molar-refractivity contribution >= 4 is 5.65 Å². The maximum atomic E-state index is 12.5. The number of aryl methyl sites for hydroxylation is 1. The zero-order valence-electron chi connectivity index (χ0n) is 15.0. The monoisotopic (exact) mass is 328 g/mol. The fraction of sp³-hybridized carbons (Fsp3) is 0.579. The van der Waals surface area contributed by atoms with Crippen LogP contribution in [0.1, 0.15) is 44.5 Å². The quantitative estimate of drug-likeness (QED) is 0.936. The van der Waals surface area contributed by atoms with Crippen molar-refractivity contribution in [1.82, 2.24) is 19.6 Å². The molecular weight excluding hydrogens is 300 g/mol. The lowest BCUT2D eigenvalue weighted by atomic mass is 10.1. The fourth-order valence-electron chi connectivity index (χ4n) is 3.70. The zero-order valence-corrected chi connectivity index (χ0v) is 15.0. The molecule has 3 heterocycles. The minimum absolute atomic E-state index is 0.0133. The van der Waals surface area contributed by atoms with Gasteiger partial charge in [0.2, 0.25) is 0 Å². The van der Waals surface area contributed by atoms with Gasteiger partial charge in [-0.25, -0.2) is 4.98 Å². The first-order valence-corrected chi connectivity index (χ1v) is 9.01. The molecule has 0 saturated carbocycles. The summed E-state index contributed by atoms with van der Waals surface area (Å²) in [5.74, 6) is 0. The van der Waals surface area contributed by atoms with Crippen LogP contribution in [0.4, 0.5) is 0 Å². The van der Waals surface area contributed by atoms with Gasteiger partial charge in [-0.05, 0) is 65.3 Å². The van der Waals surface area contributed by atoms with Crippen molar-refractivity contribution in [2.24, 2.45) is 0 Å². The van der Waals surface area contributed by atoms with Crippen LogP contribution in [-0.2, 0) is 6.54 Å². The van der Waals surface area contributed by atoms with E-state index in [0.717, 1.165) is 43.1 Å². The summed E-state index contributed by atoms with van der Waals surface area (Å²) in [4.78, 5) is 19.7. The largest absolute Gasteiger partial charge is 0.317 e. The molecule has 0 spiro atoms. The number of hydrogen-bond acceptors (Lipinski definition) is 4. The number of fused-ring (bicyclic) bond motifs is 1. The Kier molecular flexibility index (Phi) is 5.31. The van der Waals surface area contributed by atoms with Crippen LogP contribution in [0.25, 0.3) is 5.65 Å². The van der Waals surface area contributed by atoms with E-state index in [1.165, 1.54) is 12.8 Å². The predicted molar refractivity (Wildman–Crippen MR) is 97.4 cm³/mol. The molecule has 5 heteroatoms. The first-order chi connectivity index (χ1) is 11.6. The third-order valence-corrected chi connectivity index (χ3v) is 4.96. The van der Waals surface area contributed by atoms with E-state index in [1.807, 2.05) is 25.1 Å². The lowest BCUT2D eigenvalue weighted by Gasteiger charge is -2.34. The Bertz CT molecular complexity index is 745. The maximum Gasteiger partial charge on any atom is 0.258 e. The maximum absolute atomic E-state index is 12.5. The molecule has 5 nitrogen and oxygen atoms in total. The molecule has 0 amide bonds. The molecule has 1 atom stereocenters. The Labute approximate surface area is 143 Å². The van der Waals surface area contributed by atoms with Gasteiger partial charge in [0.05, 0.1) is 5.69 Å². The van der Waals surface area contributed by atoms with Crippen molar-refractivity contribution in [3.8, 4) is 0 Å². The molecule has 1 fully saturated rings. The topological polar surface area (TPSA) is 49.6 Å². The van der Waals surface area contributed by atoms with Gasteiger partial charge in [0.25, 0.3) is 5.56 Å². The van der Waals surface area contributed by atoms with E-state index >= 15 is 0 Å². The molecule has 0 aromatic carbocycles. The van der Waals surface area contributed by atoms with Gasteiger partial charge in [-0.1, -0.05) is 6.07 Å². The first kappa shape index (κ1) is 17.1. The lowest BCUT2D eigenvalue weighted by Crippen LogP contribution is -2.41. The number of nitrogens with zero attached hydrogens (tertiary/aromatic N) is 3. The molecule has 0 radical (unpaired) electrons. The molecule has 1 saturated heterocycles. The molecule has 130 valence electrons. The summed E-state index contributed by atoms with van der Waals surface area (Å²) in [5, 5.41) is 3.48. The highest BCUT2D eigenvalue weighted by Crippen LogP contribution is 2.19. The van der Waals surface area contributed by atoms with E-state index in [2.05, 4.69) is 24.1 Å². The number of hydrogen-bond donors (Lipinski definition) is 1. The summed E-state index contributed by atoms with van der Waals surface area (Å²) in [5.41, 5.74) is 2.55. The summed E-state index contributed by atoms with van der Waals surface area (Å²) >= 11 is 0. The van der Waals surface area contributed by atoms with E-state index in [0.29, 0.717) is 12.1 Å². The fourth-order valence-corrected chi connectivity index (χ4v) is 3.70.